The fraction of sp³-hybridized carbons (Fsp3) is 1.00. The molecule has 13 heavy (non-hydrogen) atoms. The predicted octanol–water partition coefficient (Wildman–Crippen LogP) is 0.726. The first-order valence-corrected chi connectivity index (χ1v) is 5.85. The molecule has 4 heteroatoms. The molecule has 0 amide bonds. The van der Waals surface area contributed by atoms with Crippen LogP contribution in [0.25, 0.3) is 0 Å². The van der Waals surface area contributed by atoms with Crippen molar-refractivity contribution >= 4 is 11.8 Å². The van der Waals surface area contributed by atoms with Crippen LogP contribution >= 0.6 is 11.8 Å². The number of hydrogen-bond acceptors (Lipinski definition) is 4. The van der Waals surface area contributed by atoms with E-state index in [1.54, 1.807) is 7.11 Å². The fourth-order valence-corrected chi connectivity index (χ4v) is 2.10. The van der Waals surface area contributed by atoms with Crippen LogP contribution in [0.15, 0.2) is 0 Å². The van der Waals surface area contributed by atoms with E-state index in [2.05, 4.69) is 5.32 Å². The van der Waals surface area contributed by atoms with Gasteiger partial charge < -0.3 is 15.2 Å². The van der Waals surface area contributed by atoms with Gasteiger partial charge >= 0.3 is 0 Å². The normalized spacial score (nSPS) is 13.2. The first-order valence-electron chi connectivity index (χ1n) is 4.70. The van der Waals surface area contributed by atoms with Gasteiger partial charge in [0, 0.05) is 32.1 Å². The van der Waals surface area contributed by atoms with E-state index < -0.39 is 0 Å². The largest absolute Gasteiger partial charge is 0.396 e. The maximum Gasteiger partial charge on any atom is 0.0470 e. The minimum absolute atomic E-state index is 0.268. The number of thioether (sulfide) groups is 1. The lowest BCUT2D eigenvalue weighted by Gasteiger charge is -2.13. The summed E-state index contributed by atoms with van der Waals surface area (Å²) < 4.78 is 4.95. The second kappa shape index (κ2) is 10.3. The summed E-state index contributed by atoms with van der Waals surface area (Å²) in [7, 11) is 3.67. The highest BCUT2D eigenvalue weighted by Crippen LogP contribution is 2.06. The third-order valence-electron chi connectivity index (χ3n) is 1.84. The summed E-state index contributed by atoms with van der Waals surface area (Å²) in [6, 6.07) is 0.442. The molecule has 0 aliphatic heterocycles. The van der Waals surface area contributed by atoms with Crippen LogP contribution in [0.3, 0.4) is 0 Å². The maximum atomic E-state index is 8.74. The number of methoxy groups -OCH3 is 1. The quantitative estimate of drug-likeness (QED) is 0.547. The molecule has 0 rings (SSSR count). The van der Waals surface area contributed by atoms with Crippen LogP contribution < -0.4 is 5.32 Å². The van der Waals surface area contributed by atoms with Crippen LogP contribution in [-0.4, -0.2) is 50.0 Å². The number of aliphatic hydroxyl groups excluding tert-OH is 1. The molecule has 0 saturated heterocycles. The molecule has 2 N–H and O–H groups in total. The summed E-state index contributed by atoms with van der Waals surface area (Å²) in [5.74, 6) is 2.21. The average molecular weight is 207 g/mol. The zero-order chi connectivity index (χ0) is 9.94. The monoisotopic (exact) mass is 207 g/mol. The Bertz CT molecular complexity index is 104. The minimum Gasteiger partial charge on any atom is -0.396 e. The van der Waals surface area contributed by atoms with Crippen molar-refractivity contribution in [1.82, 2.24) is 5.32 Å². The zero-order valence-corrected chi connectivity index (χ0v) is 9.40. The molecular formula is C9H21NO2S. The van der Waals surface area contributed by atoms with Crippen molar-refractivity contribution in [3.05, 3.63) is 0 Å². The van der Waals surface area contributed by atoms with Gasteiger partial charge in [-0.25, -0.2) is 0 Å². The smallest absolute Gasteiger partial charge is 0.0470 e. The van der Waals surface area contributed by atoms with Crippen LogP contribution in [0.4, 0.5) is 0 Å². The van der Waals surface area contributed by atoms with Gasteiger partial charge in [-0.1, -0.05) is 0 Å². The molecule has 0 bridgehead atoms. The summed E-state index contributed by atoms with van der Waals surface area (Å²) in [5, 5.41) is 11.9. The Hall–Kier alpha value is 0.230. The summed E-state index contributed by atoms with van der Waals surface area (Å²) >= 11 is 1.91. The van der Waals surface area contributed by atoms with Crippen LogP contribution in [0.5, 0.6) is 0 Å². The lowest BCUT2D eigenvalue weighted by molar-refractivity contribution is 0.200. The van der Waals surface area contributed by atoms with Gasteiger partial charge in [0.05, 0.1) is 0 Å². The third kappa shape index (κ3) is 8.56. The Kier molecular flexibility index (Phi) is 10.5. The second-order valence-corrected chi connectivity index (χ2v) is 4.07. The molecule has 0 spiro atoms. The number of ether oxygens (including phenoxy) is 1. The van der Waals surface area contributed by atoms with Gasteiger partial charge in [-0.05, 0) is 25.6 Å². The highest BCUT2D eigenvalue weighted by Gasteiger charge is 2.03. The van der Waals surface area contributed by atoms with E-state index in [4.69, 9.17) is 9.84 Å². The summed E-state index contributed by atoms with van der Waals surface area (Å²) in [5.41, 5.74) is 0. The molecule has 1 unspecified atom stereocenters. The lowest BCUT2D eigenvalue weighted by Crippen LogP contribution is -2.28. The molecule has 0 aromatic carbocycles. The number of hydrogen-bond donors (Lipinski definition) is 2. The van der Waals surface area contributed by atoms with E-state index in [0.717, 1.165) is 31.0 Å². The van der Waals surface area contributed by atoms with Crippen molar-refractivity contribution in [3.63, 3.8) is 0 Å². The number of nitrogens with one attached hydrogen (secondary N) is 1. The lowest BCUT2D eigenvalue weighted by atomic mass is 10.2. The molecular weight excluding hydrogens is 186 g/mol. The summed E-state index contributed by atoms with van der Waals surface area (Å²) in [6.07, 6.45) is 1.95. The molecule has 0 heterocycles. The SMILES string of the molecule is CNC(CCO)CSCCCOC. The van der Waals surface area contributed by atoms with Crippen molar-refractivity contribution in [1.29, 1.82) is 0 Å². The molecule has 0 aromatic rings. The Morgan fingerprint density at radius 1 is 1.54 bits per heavy atom. The van der Waals surface area contributed by atoms with Gasteiger partial charge in [-0.15, -0.1) is 0 Å². The van der Waals surface area contributed by atoms with Crippen molar-refractivity contribution in [2.75, 3.05) is 38.9 Å². The highest BCUT2D eigenvalue weighted by atomic mass is 32.2. The number of aliphatic hydroxyl groups is 1. The first kappa shape index (κ1) is 13.2. The molecule has 0 aliphatic rings. The van der Waals surface area contributed by atoms with Crippen LogP contribution in [0.2, 0.25) is 0 Å². The molecule has 0 aliphatic carbocycles. The Morgan fingerprint density at radius 3 is 2.85 bits per heavy atom. The van der Waals surface area contributed by atoms with Gasteiger partial charge in [-0.3, -0.25) is 0 Å². The van der Waals surface area contributed by atoms with Gasteiger partial charge in [-0.2, -0.15) is 11.8 Å². The molecule has 3 nitrogen and oxygen atoms in total. The fourth-order valence-electron chi connectivity index (χ4n) is 0.998. The van der Waals surface area contributed by atoms with Crippen molar-refractivity contribution in [3.8, 4) is 0 Å². The topological polar surface area (TPSA) is 41.5 Å². The van der Waals surface area contributed by atoms with Crippen LogP contribution in [-0.2, 0) is 4.74 Å². The Balaban J connectivity index is 3.17. The van der Waals surface area contributed by atoms with E-state index in [0.29, 0.717) is 6.04 Å². The van der Waals surface area contributed by atoms with Crippen molar-refractivity contribution in [2.45, 2.75) is 18.9 Å². The molecule has 0 aromatic heterocycles. The second-order valence-electron chi connectivity index (χ2n) is 2.92. The van der Waals surface area contributed by atoms with Crippen LogP contribution in [0, 0.1) is 0 Å². The summed E-state index contributed by atoms with van der Waals surface area (Å²) in [6.45, 7) is 1.11. The predicted molar refractivity (Wildman–Crippen MR) is 58.4 cm³/mol. The van der Waals surface area contributed by atoms with Gasteiger partial charge in [0.2, 0.25) is 0 Å². The first-order chi connectivity index (χ1) is 6.35. The van der Waals surface area contributed by atoms with Gasteiger partial charge in [0.1, 0.15) is 0 Å². The average Bonchev–Trinajstić information content (AvgIpc) is 2.16. The minimum atomic E-state index is 0.268. The third-order valence-corrected chi connectivity index (χ3v) is 3.06. The highest BCUT2D eigenvalue weighted by molar-refractivity contribution is 7.99. The standard InChI is InChI=1S/C9H21NO2S/c1-10-9(4-5-11)8-13-7-3-6-12-2/h9-11H,3-8H2,1-2H3. The molecule has 0 radical (unpaired) electrons. The molecule has 0 saturated carbocycles. The van der Waals surface area contributed by atoms with E-state index in [1.165, 1.54) is 0 Å². The van der Waals surface area contributed by atoms with E-state index in [9.17, 15) is 0 Å². The van der Waals surface area contributed by atoms with E-state index in [-0.39, 0.29) is 6.61 Å². The van der Waals surface area contributed by atoms with E-state index >= 15 is 0 Å². The Labute approximate surface area is 85.2 Å². The van der Waals surface area contributed by atoms with E-state index in [1.807, 2.05) is 18.8 Å². The maximum absolute atomic E-state index is 8.74. The van der Waals surface area contributed by atoms with Crippen molar-refractivity contribution < 1.29 is 9.84 Å². The van der Waals surface area contributed by atoms with Gasteiger partial charge in [0.15, 0.2) is 0 Å². The summed E-state index contributed by atoms with van der Waals surface area (Å²) in [4.78, 5) is 0. The zero-order valence-electron chi connectivity index (χ0n) is 8.58. The molecule has 0 fully saturated rings. The van der Waals surface area contributed by atoms with Gasteiger partial charge in [0.25, 0.3) is 0 Å². The Morgan fingerprint density at radius 2 is 2.31 bits per heavy atom. The van der Waals surface area contributed by atoms with Crippen LogP contribution in [0.1, 0.15) is 12.8 Å². The molecule has 1 atom stereocenters. The number of rotatable bonds is 9. The molecule has 80 valence electrons. The van der Waals surface area contributed by atoms with Crippen molar-refractivity contribution in [2.24, 2.45) is 0 Å².